The molecule has 0 aliphatic carbocycles. The van der Waals surface area contributed by atoms with Gasteiger partial charge < -0.3 is 14.5 Å². The first-order valence-electron chi connectivity index (χ1n) is 6.13. The van der Waals surface area contributed by atoms with Crippen LogP contribution in [-0.4, -0.2) is 39.6 Å². The summed E-state index contributed by atoms with van der Waals surface area (Å²) in [7, 11) is 0. The van der Waals surface area contributed by atoms with Crippen LogP contribution in [0, 0.1) is 6.92 Å². The Balaban J connectivity index is 1.96. The van der Waals surface area contributed by atoms with Crippen molar-refractivity contribution in [2.45, 2.75) is 38.6 Å². The Hall–Kier alpha value is -1.56. The third kappa shape index (κ3) is 2.89. The molecule has 2 heterocycles. The molecule has 19 heavy (non-hydrogen) atoms. The van der Waals surface area contributed by atoms with Crippen LogP contribution in [0.15, 0.2) is 4.52 Å². The van der Waals surface area contributed by atoms with Gasteiger partial charge in [-0.2, -0.15) is 0 Å². The molecule has 1 aliphatic heterocycles. The molecule has 1 saturated heterocycles. The van der Waals surface area contributed by atoms with Gasteiger partial charge in [0.15, 0.2) is 0 Å². The molecule has 0 bridgehead atoms. The number of carbonyl (C=O) groups excluding carboxylic acids is 1. The summed E-state index contributed by atoms with van der Waals surface area (Å²) in [5.74, 6) is -1.10. The number of rotatable bonds is 4. The van der Waals surface area contributed by atoms with E-state index in [2.05, 4.69) is 5.16 Å². The number of carboxylic acids is 1. The quantitative estimate of drug-likeness (QED) is 0.910. The molecule has 1 aromatic rings. The van der Waals surface area contributed by atoms with Gasteiger partial charge in [-0.25, -0.2) is 4.79 Å². The first kappa shape index (κ1) is 13.9. The number of hydrogen-bond acceptors (Lipinski definition) is 4. The van der Waals surface area contributed by atoms with Crippen molar-refractivity contribution >= 4 is 23.5 Å². The van der Waals surface area contributed by atoms with E-state index in [4.69, 9.17) is 21.2 Å². The highest BCUT2D eigenvalue weighted by Crippen LogP contribution is 2.23. The van der Waals surface area contributed by atoms with E-state index in [1.165, 1.54) is 4.90 Å². The third-order valence-corrected chi connectivity index (χ3v) is 3.68. The topological polar surface area (TPSA) is 83.6 Å². The van der Waals surface area contributed by atoms with E-state index in [-0.39, 0.29) is 17.5 Å². The lowest BCUT2D eigenvalue weighted by molar-refractivity contribution is -0.148. The summed E-state index contributed by atoms with van der Waals surface area (Å²) in [4.78, 5) is 24.5. The minimum atomic E-state index is -0.940. The maximum atomic E-state index is 12.0. The van der Waals surface area contributed by atoms with Crippen LogP contribution in [-0.2, 0) is 16.0 Å². The molecule has 0 unspecified atom stereocenters. The smallest absolute Gasteiger partial charge is 0.326 e. The van der Waals surface area contributed by atoms with Gasteiger partial charge >= 0.3 is 5.97 Å². The van der Waals surface area contributed by atoms with Crippen LogP contribution in [0.2, 0.25) is 5.22 Å². The van der Waals surface area contributed by atoms with Crippen molar-refractivity contribution in [2.75, 3.05) is 6.54 Å². The summed E-state index contributed by atoms with van der Waals surface area (Å²) in [6.45, 7) is 2.26. The Labute approximate surface area is 115 Å². The second kappa shape index (κ2) is 5.61. The van der Waals surface area contributed by atoms with Crippen LogP contribution >= 0.6 is 11.6 Å². The fourth-order valence-electron chi connectivity index (χ4n) is 2.34. The Morgan fingerprint density at radius 2 is 2.32 bits per heavy atom. The first-order chi connectivity index (χ1) is 9.00. The molecule has 6 nitrogen and oxygen atoms in total. The molecule has 1 atom stereocenters. The van der Waals surface area contributed by atoms with Crippen molar-refractivity contribution in [2.24, 2.45) is 0 Å². The molecular formula is C12H15ClN2O4. The van der Waals surface area contributed by atoms with Gasteiger partial charge in [-0.3, -0.25) is 4.79 Å². The molecular weight excluding hydrogens is 272 g/mol. The second-order valence-electron chi connectivity index (χ2n) is 4.60. The molecule has 1 N–H and O–H groups in total. The average Bonchev–Trinajstić information content (AvgIpc) is 2.95. The van der Waals surface area contributed by atoms with Crippen LogP contribution < -0.4 is 0 Å². The SMILES string of the molecule is Cc1noc(Cl)c1CCC(=O)N1CCC[C@H]1C(=O)O. The number of hydrogen-bond donors (Lipinski definition) is 1. The summed E-state index contributed by atoms with van der Waals surface area (Å²) in [5, 5.41) is 12.9. The van der Waals surface area contributed by atoms with Crippen molar-refractivity contribution < 1.29 is 19.2 Å². The second-order valence-corrected chi connectivity index (χ2v) is 4.95. The fraction of sp³-hybridized carbons (Fsp3) is 0.583. The Kier molecular flexibility index (Phi) is 4.09. The third-order valence-electron chi connectivity index (χ3n) is 3.38. The van der Waals surface area contributed by atoms with Crippen molar-refractivity contribution in [1.82, 2.24) is 10.1 Å². The van der Waals surface area contributed by atoms with Gasteiger partial charge in [0, 0.05) is 18.5 Å². The first-order valence-corrected chi connectivity index (χ1v) is 6.51. The van der Waals surface area contributed by atoms with Crippen molar-refractivity contribution in [3.05, 3.63) is 16.5 Å². The predicted molar refractivity (Wildman–Crippen MR) is 66.9 cm³/mol. The molecule has 0 aromatic carbocycles. The zero-order valence-electron chi connectivity index (χ0n) is 10.6. The fourth-order valence-corrected chi connectivity index (χ4v) is 2.60. The van der Waals surface area contributed by atoms with Crippen molar-refractivity contribution in [3.63, 3.8) is 0 Å². The van der Waals surface area contributed by atoms with Gasteiger partial charge in [-0.1, -0.05) is 5.16 Å². The zero-order chi connectivity index (χ0) is 14.0. The largest absolute Gasteiger partial charge is 0.480 e. The lowest BCUT2D eigenvalue weighted by atomic mass is 10.1. The summed E-state index contributed by atoms with van der Waals surface area (Å²) < 4.78 is 4.81. The highest BCUT2D eigenvalue weighted by atomic mass is 35.5. The molecule has 0 spiro atoms. The summed E-state index contributed by atoms with van der Waals surface area (Å²) in [6.07, 6.45) is 1.88. The number of aliphatic carboxylic acids is 1. The maximum absolute atomic E-state index is 12.0. The molecule has 1 aliphatic rings. The molecule has 7 heteroatoms. The van der Waals surface area contributed by atoms with Crippen LogP contribution in [0.25, 0.3) is 0 Å². The number of amides is 1. The van der Waals surface area contributed by atoms with Crippen molar-refractivity contribution in [3.8, 4) is 0 Å². The Morgan fingerprint density at radius 3 is 2.89 bits per heavy atom. The highest BCUT2D eigenvalue weighted by molar-refractivity contribution is 6.29. The number of aromatic nitrogens is 1. The average molecular weight is 287 g/mol. The summed E-state index contributed by atoms with van der Waals surface area (Å²) >= 11 is 5.82. The monoisotopic (exact) mass is 286 g/mol. The normalized spacial score (nSPS) is 18.8. The molecule has 1 amide bonds. The van der Waals surface area contributed by atoms with E-state index < -0.39 is 12.0 Å². The molecule has 1 aromatic heterocycles. The molecule has 2 rings (SSSR count). The number of likely N-dealkylation sites (tertiary alicyclic amines) is 1. The molecule has 104 valence electrons. The maximum Gasteiger partial charge on any atom is 0.326 e. The Morgan fingerprint density at radius 1 is 1.58 bits per heavy atom. The number of carboxylic acid groups (broad SMARTS) is 1. The standard InChI is InChI=1S/C12H15ClN2O4/c1-7-8(11(13)19-14-7)4-5-10(16)15-6-2-3-9(15)12(17)18/h9H,2-6H2,1H3,(H,17,18)/t9-/m0/s1. The highest BCUT2D eigenvalue weighted by Gasteiger charge is 2.33. The van der Waals surface area contributed by atoms with Crippen LogP contribution in [0.5, 0.6) is 0 Å². The Bertz CT molecular complexity index is 480. The minimum absolute atomic E-state index is 0.165. The number of aryl methyl sites for hydroxylation is 1. The van der Waals surface area contributed by atoms with Gasteiger partial charge in [0.1, 0.15) is 6.04 Å². The predicted octanol–water partition coefficient (Wildman–Crippen LogP) is 1.64. The van der Waals surface area contributed by atoms with Crippen molar-refractivity contribution in [1.29, 1.82) is 0 Å². The zero-order valence-corrected chi connectivity index (χ0v) is 11.3. The molecule has 1 fully saturated rings. The van der Waals surface area contributed by atoms with Crippen LogP contribution in [0.3, 0.4) is 0 Å². The van der Waals surface area contributed by atoms with Gasteiger partial charge in [-0.05, 0) is 37.8 Å². The van der Waals surface area contributed by atoms with Gasteiger partial charge in [0.25, 0.3) is 0 Å². The van der Waals surface area contributed by atoms with E-state index in [9.17, 15) is 9.59 Å². The van der Waals surface area contributed by atoms with E-state index >= 15 is 0 Å². The van der Waals surface area contributed by atoms with E-state index in [0.717, 1.165) is 6.42 Å². The minimum Gasteiger partial charge on any atom is -0.480 e. The number of halogens is 1. The number of carbonyl (C=O) groups is 2. The lowest BCUT2D eigenvalue weighted by Gasteiger charge is -2.21. The van der Waals surface area contributed by atoms with Crippen LogP contribution in [0.1, 0.15) is 30.5 Å². The van der Waals surface area contributed by atoms with E-state index in [0.29, 0.717) is 30.6 Å². The lowest BCUT2D eigenvalue weighted by Crippen LogP contribution is -2.40. The van der Waals surface area contributed by atoms with Crippen LogP contribution in [0.4, 0.5) is 0 Å². The summed E-state index contributed by atoms with van der Waals surface area (Å²) in [5.41, 5.74) is 1.37. The summed E-state index contributed by atoms with van der Waals surface area (Å²) in [6, 6.07) is -0.688. The molecule has 0 saturated carbocycles. The molecule has 0 radical (unpaired) electrons. The van der Waals surface area contributed by atoms with E-state index in [1.54, 1.807) is 6.92 Å². The van der Waals surface area contributed by atoms with Gasteiger partial charge in [0.05, 0.1) is 5.69 Å². The van der Waals surface area contributed by atoms with Gasteiger partial charge in [0.2, 0.25) is 11.1 Å². The number of nitrogens with zero attached hydrogens (tertiary/aromatic N) is 2. The van der Waals surface area contributed by atoms with Gasteiger partial charge in [-0.15, -0.1) is 0 Å². The van der Waals surface area contributed by atoms with E-state index in [1.807, 2.05) is 0 Å².